The van der Waals surface area contributed by atoms with Gasteiger partial charge in [0.2, 0.25) is 0 Å². The molecule has 0 radical (unpaired) electrons. The fourth-order valence-corrected chi connectivity index (χ4v) is 3.19. The van der Waals surface area contributed by atoms with Crippen LogP contribution < -0.4 is 14.5 Å². The maximum atomic E-state index is 11.6. The SMILES string of the molecule is CC(=O)c1ccc2c(c1)Oc1nnc(N3CCN(C)CC3)cc1N2C. The minimum atomic E-state index is 0.0105. The van der Waals surface area contributed by atoms with Gasteiger partial charge in [0, 0.05) is 44.9 Å². The second-order valence-corrected chi connectivity index (χ2v) is 6.58. The molecule has 0 amide bonds. The standard InChI is InChI=1S/C18H21N5O2/c1-12(24)13-4-5-14-16(10-13)25-18-15(22(14)3)11-17(19-20-18)23-8-6-21(2)7-9-23/h4-5,10-11H,6-9H2,1-3H3. The second-order valence-electron chi connectivity index (χ2n) is 6.58. The zero-order chi connectivity index (χ0) is 17.6. The van der Waals surface area contributed by atoms with Gasteiger partial charge in [-0.1, -0.05) is 0 Å². The van der Waals surface area contributed by atoms with Gasteiger partial charge in [0.15, 0.2) is 17.4 Å². The van der Waals surface area contributed by atoms with E-state index in [0.717, 1.165) is 43.4 Å². The molecule has 2 aromatic rings. The monoisotopic (exact) mass is 339 g/mol. The Morgan fingerprint density at radius 3 is 2.52 bits per heavy atom. The molecule has 1 saturated heterocycles. The fourth-order valence-electron chi connectivity index (χ4n) is 3.19. The van der Waals surface area contributed by atoms with Crippen molar-refractivity contribution in [2.75, 3.05) is 50.1 Å². The van der Waals surface area contributed by atoms with Gasteiger partial charge in [-0.3, -0.25) is 4.79 Å². The average Bonchev–Trinajstić information content (AvgIpc) is 2.62. The van der Waals surface area contributed by atoms with E-state index in [2.05, 4.69) is 27.0 Å². The number of anilines is 3. The van der Waals surface area contributed by atoms with Crippen LogP contribution in [0.1, 0.15) is 17.3 Å². The predicted octanol–water partition coefficient (Wildman–Crippen LogP) is 2.30. The number of aromatic nitrogens is 2. The smallest absolute Gasteiger partial charge is 0.263 e. The number of piperazine rings is 1. The molecule has 4 rings (SSSR count). The molecule has 1 aromatic heterocycles. The summed E-state index contributed by atoms with van der Waals surface area (Å²) in [7, 11) is 4.10. The Labute approximate surface area is 146 Å². The number of carbonyl (C=O) groups excluding carboxylic acids is 1. The molecular formula is C18H21N5O2. The zero-order valence-corrected chi connectivity index (χ0v) is 14.7. The Balaban J connectivity index is 1.66. The van der Waals surface area contributed by atoms with Gasteiger partial charge in [-0.25, -0.2) is 0 Å². The minimum Gasteiger partial charge on any atom is -0.434 e. The lowest BCUT2D eigenvalue weighted by atomic mass is 10.1. The van der Waals surface area contributed by atoms with E-state index in [1.54, 1.807) is 13.0 Å². The van der Waals surface area contributed by atoms with Crippen LogP contribution in [0.15, 0.2) is 24.3 Å². The van der Waals surface area contributed by atoms with Crippen LogP contribution in [-0.2, 0) is 0 Å². The second kappa shape index (κ2) is 6.00. The van der Waals surface area contributed by atoms with Crippen molar-refractivity contribution >= 4 is 23.0 Å². The van der Waals surface area contributed by atoms with Crippen LogP contribution in [0.5, 0.6) is 11.6 Å². The summed E-state index contributed by atoms with van der Waals surface area (Å²) < 4.78 is 5.90. The summed E-state index contributed by atoms with van der Waals surface area (Å²) in [5, 5.41) is 8.63. The summed E-state index contributed by atoms with van der Waals surface area (Å²) in [5.41, 5.74) is 2.42. The van der Waals surface area contributed by atoms with Crippen molar-refractivity contribution in [2.45, 2.75) is 6.92 Å². The highest BCUT2D eigenvalue weighted by Gasteiger charge is 2.26. The molecule has 2 aliphatic heterocycles. The molecule has 0 aliphatic carbocycles. The van der Waals surface area contributed by atoms with Crippen molar-refractivity contribution in [3.63, 3.8) is 0 Å². The van der Waals surface area contributed by atoms with Gasteiger partial charge in [-0.2, -0.15) is 0 Å². The average molecular weight is 339 g/mol. The highest BCUT2D eigenvalue weighted by Crippen LogP contribution is 2.45. The first-order valence-corrected chi connectivity index (χ1v) is 8.41. The summed E-state index contributed by atoms with van der Waals surface area (Å²) in [4.78, 5) is 18.2. The molecule has 0 atom stereocenters. The van der Waals surface area contributed by atoms with Crippen molar-refractivity contribution < 1.29 is 9.53 Å². The number of Topliss-reactive ketones (excluding diaryl/α,β-unsaturated/α-hetero) is 1. The molecule has 1 aromatic carbocycles. The molecule has 0 N–H and O–H groups in total. The topological polar surface area (TPSA) is 61.8 Å². The van der Waals surface area contributed by atoms with Gasteiger partial charge in [-0.05, 0) is 32.2 Å². The third kappa shape index (κ3) is 2.80. The van der Waals surface area contributed by atoms with E-state index in [1.807, 2.05) is 30.1 Å². The first-order valence-electron chi connectivity index (χ1n) is 8.41. The number of rotatable bonds is 2. The molecule has 130 valence electrons. The van der Waals surface area contributed by atoms with Crippen molar-refractivity contribution in [1.29, 1.82) is 0 Å². The quantitative estimate of drug-likeness (QED) is 0.778. The van der Waals surface area contributed by atoms with Crippen LogP contribution in [0.4, 0.5) is 17.2 Å². The normalized spacial score (nSPS) is 16.9. The lowest BCUT2D eigenvalue weighted by Crippen LogP contribution is -2.45. The lowest BCUT2D eigenvalue weighted by molar-refractivity contribution is 0.101. The first-order chi connectivity index (χ1) is 12.0. The van der Waals surface area contributed by atoms with Crippen LogP contribution in [-0.4, -0.2) is 61.2 Å². The third-order valence-corrected chi connectivity index (χ3v) is 4.85. The molecule has 1 fully saturated rings. The number of nitrogens with zero attached hydrogens (tertiary/aromatic N) is 5. The van der Waals surface area contributed by atoms with Crippen LogP contribution in [0, 0.1) is 0 Å². The molecule has 25 heavy (non-hydrogen) atoms. The summed E-state index contributed by atoms with van der Waals surface area (Å²) in [5.74, 6) is 1.97. The van der Waals surface area contributed by atoms with E-state index in [0.29, 0.717) is 17.2 Å². The predicted molar refractivity (Wildman–Crippen MR) is 96.3 cm³/mol. The first kappa shape index (κ1) is 15.8. The highest BCUT2D eigenvalue weighted by atomic mass is 16.5. The Hall–Kier alpha value is -2.67. The fraction of sp³-hybridized carbons (Fsp3) is 0.389. The highest BCUT2D eigenvalue weighted by molar-refractivity contribution is 5.95. The molecule has 0 bridgehead atoms. The zero-order valence-electron chi connectivity index (χ0n) is 14.7. The molecule has 0 spiro atoms. The van der Waals surface area contributed by atoms with E-state index < -0.39 is 0 Å². The Bertz CT molecular complexity index is 830. The molecular weight excluding hydrogens is 318 g/mol. The van der Waals surface area contributed by atoms with E-state index in [9.17, 15) is 4.79 Å². The number of carbonyl (C=O) groups is 1. The van der Waals surface area contributed by atoms with E-state index in [1.165, 1.54) is 0 Å². The Kier molecular flexibility index (Phi) is 3.80. The maximum absolute atomic E-state index is 11.6. The summed E-state index contributed by atoms with van der Waals surface area (Å²) in [6, 6.07) is 7.51. The van der Waals surface area contributed by atoms with E-state index in [-0.39, 0.29) is 5.78 Å². The van der Waals surface area contributed by atoms with Gasteiger partial charge in [0.25, 0.3) is 5.88 Å². The van der Waals surface area contributed by atoms with Crippen molar-refractivity contribution in [2.24, 2.45) is 0 Å². The number of hydrogen-bond donors (Lipinski definition) is 0. The van der Waals surface area contributed by atoms with Crippen LogP contribution >= 0.6 is 0 Å². The minimum absolute atomic E-state index is 0.0105. The molecule has 0 unspecified atom stereocenters. The molecule has 3 heterocycles. The van der Waals surface area contributed by atoms with Gasteiger partial charge >= 0.3 is 0 Å². The van der Waals surface area contributed by atoms with Crippen molar-refractivity contribution in [3.8, 4) is 11.6 Å². The van der Waals surface area contributed by atoms with Crippen LogP contribution in [0.2, 0.25) is 0 Å². The number of ketones is 1. The number of likely N-dealkylation sites (N-methyl/N-ethyl adjacent to an activating group) is 1. The van der Waals surface area contributed by atoms with Gasteiger partial charge in [-0.15, -0.1) is 10.2 Å². The lowest BCUT2D eigenvalue weighted by Gasteiger charge is -2.34. The van der Waals surface area contributed by atoms with Gasteiger partial charge < -0.3 is 19.4 Å². The molecule has 7 heteroatoms. The Morgan fingerprint density at radius 1 is 1.04 bits per heavy atom. The number of fused-ring (bicyclic) bond motifs is 2. The number of benzene rings is 1. The van der Waals surface area contributed by atoms with Crippen molar-refractivity contribution in [1.82, 2.24) is 15.1 Å². The Morgan fingerprint density at radius 2 is 1.80 bits per heavy atom. The molecule has 2 aliphatic rings. The van der Waals surface area contributed by atoms with Crippen LogP contribution in [0.3, 0.4) is 0 Å². The van der Waals surface area contributed by atoms with Crippen LogP contribution in [0.25, 0.3) is 0 Å². The van der Waals surface area contributed by atoms with Gasteiger partial charge in [0.05, 0.1) is 5.69 Å². The third-order valence-electron chi connectivity index (χ3n) is 4.85. The molecule has 7 nitrogen and oxygen atoms in total. The van der Waals surface area contributed by atoms with Crippen molar-refractivity contribution in [3.05, 3.63) is 29.8 Å². The largest absolute Gasteiger partial charge is 0.434 e. The summed E-state index contributed by atoms with van der Waals surface area (Å²) in [6.07, 6.45) is 0. The van der Waals surface area contributed by atoms with Gasteiger partial charge in [0.1, 0.15) is 5.69 Å². The number of ether oxygens (including phenoxy) is 1. The summed E-state index contributed by atoms with van der Waals surface area (Å²) in [6.45, 7) is 5.45. The van der Waals surface area contributed by atoms with E-state index in [4.69, 9.17) is 4.74 Å². The maximum Gasteiger partial charge on any atom is 0.263 e. The summed E-state index contributed by atoms with van der Waals surface area (Å²) >= 11 is 0. The number of hydrogen-bond acceptors (Lipinski definition) is 7. The van der Waals surface area contributed by atoms with E-state index >= 15 is 0 Å². The molecule has 0 saturated carbocycles.